The van der Waals surface area contributed by atoms with E-state index in [1.54, 1.807) is 24.3 Å². The lowest BCUT2D eigenvalue weighted by atomic mass is 10.2. The minimum atomic E-state index is -4.96. The van der Waals surface area contributed by atoms with E-state index in [9.17, 15) is 27.9 Å². The molecule has 10 nitrogen and oxygen atoms in total. The smallest absolute Gasteiger partial charge is 0.382 e. The number of hydrogen-bond donors (Lipinski definition) is 2. The van der Waals surface area contributed by atoms with Crippen LogP contribution in [0.3, 0.4) is 0 Å². The Hall–Kier alpha value is -3.49. The minimum Gasteiger partial charge on any atom is -0.382 e. The van der Waals surface area contributed by atoms with E-state index in [-0.39, 0.29) is 23.0 Å². The Morgan fingerprint density at radius 1 is 1.14 bits per heavy atom. The van der Waals surface area contributed by atoms with Gasteiger partial charge in [0, 0.05) is 15.1 Å². The zero-order chi connectivity index (χ0) is 26.2. The third-order valence-electron chi connectivity index (χ3n) is 5.00. The molecule has 4 aromatic rings. The Kier molecular flexibility index (Phi) is 7.02. The summed E-state index contributed by atoms with van der Waals surface area (Å²) in [7, 11) is 0. The average molecular weight is 587 g/mol. The lowest BCUT2D eigenvalue weighted by molar-refractivity contribution is -0.207. The first-order chi connectivity index (χ1) is 17.0. The molecule has 36 heavy (non-hydrogen) atoms. The van der Waals surface area contributed by atoms with Gasteiger partial charge in [-0.3, -0.25) is 9.36 Å². The molecular formula is C21H16BrClF3N7O3. The van der Waals surface area contributed by atoms with Gasteiger partial charge >= 0.3 is 11.9 Å². The number of primary amides is 1. The molecule has 15 heteroatoms. The fraction of sp³-hybridized carbons (Fsp3) is 0.190. The maximum atomic E-state index is 13.0. The highest BCUT2D eigenvalue weighted by Gasteiger charge is 2.39. The standard InChI is InChI=1S/C21H16BrClF3N7O3/c22-13-3-1-2-4-14(13)33-19(17(27)35)28-16(29-33)10-32-20(36)31(9-15(34)21(24,25)26)18(30-32)11-5-7-12(23)8-6-11/h1-8,15,34H,9-10H2,(H2,27,35)/t15-/m0/s1. The second-order valence-corrected chi connectivity index (χ2v) is 8.81. The molecule has 188 valence electrons. The molecule has 2 heterocycles. The van der Waals surface area contributed by atoms with Crippen molar-refractivity contribution < 1.29 is 23.1 Å². The summed E-state index contributed by atoms with van der Waals surface area (Å²) in [6, 6.07) is 12.7. The number of aliphatic hydroxyl groups excluding tert-OH is 1. The van der Waals surface area contributed by atoms with Gasteiger partial charge in [-0.2, -0.15) is 13.2 Å². The molecule has 0 radical (unpaired) electrons. The highest BCUT2D eigenvalue weighted by atomic mass is 79.9. The second kappa shape index (κ2) is 9.87. The van der Waals surface area contributed by atoms with Gasteiger partial charge in [-0.05, 0) is 52.3 Å². The predicted octanol–water partition coefficient (Wildman–Crippen LogP) is 2.78. The number of alkyl halides is 3. The average Bonchev–Trinajstić information content (AvgIpc) is 3.36. The maximum Gasteiger partial charge on any atom is 0.416 e. The molecule has 0 spiro atoms. The summed E-state index contributed by atoms with van der Waals surface area (Å²) in [6.45, 7) is -1.49. The number of nitrogens with zero attached hydrogens (tertiary/aromatic N) is 6. The van der Waals surface area contributed by atoms with Crippen molar-refractivity contribution in [1.29, 1.82) is 0 Å². The number of amides is 1. The molecule has 0 saturated carbocycles. The zero-order valence-corrected chi connectivity index (χ0v) is 20.4. The lowest BCUT2D eigenvalue weighted by Crippen LogP contribution is -2.37. The van der Waals surface area contributed by atoms with Crippen molar-refractivity contribution in [3.63, 3.8) is 0 Å². The van der Waals surface area contributed by atoms with Crippen molar-refractivity contribution in [1.82, 2.24) is 29.1 Å². The summed E-state index contributed by atoms with van der Waals surface area (Å²) < 4.78 is 42.4. The minimum absolute atomic E-state index is 0.0506. The number of carbonyl (C=O) groups is 1. The van der Waals surface area contributed by atoms with E-state index >= 15 is 0 Å². The summed E-state index contributed by atoms with van der Waals surface area (Å²) in [6.07, 6.45) is -7.77. The normalized spacial score (nSPS) is 12.6. The summed E-state index contributed by atoms with van der Waals surface area (Å²) >= 11 is 9.24. The van der Waals surface area contributed by atoms with Crippen LogP contribution in [0.15, 0.2) is 57.8 Å². The molecule has 2 aromatic carbocycles. The summed E-state index contributed by atoms with van der Waals surface area (Å²) in [5, 5.41) is 18.4. The summed E-state index contributed by atoms with van der Waals surface area (Å²) in [5.41, 5.74) is 5.21. The number of aromatic nitrogens is 6. The SMILES string of the molecule is NC(=O)c1nc(Cn2nc(-c3ccc(Cl)cc3)n(C[C@H](O)C(F)(F)F)c2=O)nn1-c1ccccc1Br. The van der Waals surface area contributed by atoms with Gasteiger partial charge in [0.15, 0.2) is 17.8 Å². The lowest BCUT2D eigenvalue weighted by Gasteiger charge is -2.15. The van der Waals surface area contributed by atoms with Gasteiger partial charge in [-0.1, -0.05) is 23.7 Å². The van der Waals surface area contributed by atoms with Crippen LogP contribution in [-0.4, -0.2) is 52.4 Å². The molecule has 0 aliphatic carbocycles. The Bertz CT molecular complexity index is 1480. The highest BCUT2D eigenvalue weighted by Crippen LogP contribution is 2.24. The molecule has 0 aliphatic heterocycles. The number of hydrogen-bond acceptors (Lipinski definition) is 6. The molecule has 3 N–H and O–H groups in total. The van der Waals surface area contributed by atoms with Crippen LogP contribution in [0.1, 0.15) is 16.4 Å². The fourth-order valence-corrected chi connectivity index (χ4v) is 3.88. The second-order valence-electron chi connectivity index (χ2n) is 7.52. The number of rotatable bonds is 7. The molecule has 0 bridgehead atoms. The molecule has 1 atom stereocenters. The zero-order valence-electron chi connectivity index (χ0n) is 18.0. The van der Waals surface area contributed by atoms with E-state index in [0.717, 1.165) is 4.68 Å². The van der Waals surface area contributed by atoms with Crippen LogP contribution < -0.4 is 11.4 Å². The first kappa shape index (κ1) is 25.6. The van der Waals surface area contributed by atoms with Gasteiger partial charge in [0.25, 0.3) is 5.91 Å². The Morgan fingerprint density at radius 2 is 1.81 bits per heavy atom. The van der Waals surface area contributed by atoms with Gasteiger partial charge in [0.2, 0.25) is 5.82 Å². The van der Waals surface area contributed by atoms with Crippen molar-refractivity contribution in [2.75, 3.05) is 0 Å². The first-order valence-electron chi connectivity index (χ1n) is 10.1. The quantitative estimate of drug-likeness (QED) is 0.342. The number of halogens is 5. The molecular weight excluding hydrogens is 571 g/mol. The molecule has 0 saturated heterocycles. The maximum absolute atomic E-state index is 13.0. The fourth-order valence-electron chi connectivity index (χ4n) is 3.30. The molecule has 0 unspecified atom stereocenters. The van der Waals surface area contributed by atoms with Crippen molar-refractivity contribution in [3.8, 4) is 17.1 Å². The number of carbonyl (C=O) groups excluding carboxylic acids is 1. The van der Waals surface area contributed by atoms with Crippen molar-refractivity contribution >= 4 is 33.4 Å². The highest BCUT2D eigenvalue weighted by molar-refractivity contribution is 9.10. The van der Waals surface area contributed by atoms with E-state index in [1.165, 1.54) is 28.9 Å². The van der Waals surface area contributed by atoms with Crippen molar-refractivity contribution in [2.24, 2.45) is 5.73 Å². The molecule has 2 aromatic heterocycles. The third-order valence-corrected chi connectivity index (χ3v) is 5.92. The Balaban J connectivity index is 1.78. The van der Waals surface area contributed by atoms with Crippen LogP contribution >= 0.6 is 27.5 Å². The predicted molar refractivity (Wildman–Crippen MR) is 126 cm³/mol. The molecule has 0 aliphatic rings. The van der Waals surface area contributed by atoms with Crippen LogP contribution in [0.25, 0.3) is 17.1 Å². The van der Waals surface area contributed by atoms with Crippen LogP contribution in [0, 0.1) is 0 Å². The van der Waals surface area contributed by atoms with Crippen LogP contribution in [0.5, 0.6) is 0 Å². The van der Waals surface area contributed by atoms with Gasteiger partial charge in [0.05, 0.1) is 12.2 Å². The molecule has 1 amide bonds. The topological polar surface area (TPSA) is 134 Å². The molecule has 0 fully saturated rings. The van der Waals surface area contributed by atoms with E-state index in [2.05, 4.69) is 31.1 Å². The largest absolute Gasteiger partial charge is 0.416 e. The van der Waals surface area contributed by atoms with Gasteiger partial charge < -0.3 is 10.8 Å². The van der Waals surface area contributed by atoms with Gasteiger partial charge in [-0.15, -0.1) is 10.2 Å². The monoisotopic (exact) mass is 585 g/mol. The van der Waals surface area contributed by atoms with Gasteiger partial charge in [0.1, 0.15) is 6.54 Å². The Morgan fingerprint density at radius 3 is 2.42 bits per heavy atom. The van der Waals surface area contributed by atoms with E-state index in [1.807, 2.05) is 0 Å². The number of benzene rings is 2. The van der Waals surface area contributed by atoms with Crippen molar-refractivity contribution in [2.45, 2.75) is 25.4 Å². The van der Waals surface area contributed by atoms with E-state index < -0.39 is 37.0 Å². The van der Waals surface area contributed by atoms with E-state index in [0.29, 0.717) is 19.7 Å². The third kappa shape index (κ3) is 5.20. The van der Waals surface area contributed by atoms with E-state index in [4.69, 9.17) is 17.3 Å². The van der Waals surface area contributed by atoms with Crippen LogP contribution in [0.2, 0.25) is 5.02 Å². The number of nitrogens with two attached hydrogens (primary N) is 1. The van der Waals surface area contributed by atoms with Crippen molar-refractivity contribution in [3.05, 3.63) is 80.2 Å². The summed E-state index contributed by atoms with van der Waals surface area (Å²) in [5.74, 6) is -1.31. The van der Waals surface area contributed by atoms with Gasteiger partial charge in [-0.25, -0.2) is 19.1 Å². The van der Waals surface area contributed by atoms with Crippen LogP contribution in [0.4, 0.5) is 13.2 Å². The van der Waals surface area contributed by atoms with Crippen LogP contribution in [-0.2, 0) is 13.1 Å². The summed E-state index contributed by atoms with van der Waals surface area (Å²) in [4.78, 5) is 29.1. The number of aliphatic hydroxyl groups is 1. The Labute approximate surface area is 213 Å². The first-order valence-corrected chi connectivity index (χ1v) is 11.3. The number of para-hydroxylation sites is 1. The molecule has 4 rings (SSSR count).